The number of para-hydroxylation sites is 1. The van der Waals surface area contributed by atoms with Crippen molar-refractivity contribution in [1.82, 2.24) is 0 Å². The molecule has 0 amide bonds. The molecular weight excluding hydrogens is 617 g/mol. The Labute approximate surface area is 300 Å². The number of fused-ring (bicyclic) bond motifs is 6. The van der Waals surface area contributed by atoms with E-state index in [0.29, 0.717) is 0 Å². The molecule has 6 aromatic rings. The van der Waals surface area contributed by atoms with Gasteiger partial charge in [0.1, 0.15) is 8.07 Å². The van der Waals surface area contributed by atoms with Crippen LogP contribution in [-0.2, 0) is 17.3 Å². The maximum absolute atomic E-state index is 2.70. The Morgan fingerprint density at radius 1 is 0.600 bits per heavy atom. The lowest BCUT2D eigenvalue weighted by atomic mass is 9.41. The minimum absolute atomic E-state index is 0.0888. The molecule has 0 bridgehead atoms. The second-order valence-electron chi connectivity index (χ2n) is 16.7. The van der Waals surface area contributed by atoms with Gasteiger partial charge in [0.2, 0.25) is 0 Å². The molecule has 3 aliphatic rings. The molecule has 1 aliphatic carbocycles. The van der Waals surface area contributed by atoms with Crippen LogP contribution in [-0.4, -0.2) is 14.9 Å². The quantitative estimate of drug-likeness (QED) is 0.171. The maximum Gasteiger partial charge on any atom is 0.329 e. The third kappa shape index (κ3) is 4.26. The molecule has 2 aliphatic heterocycles. The smallest absolute Gasteiger partial charge is 0.329 e. The van der Waals surface area contributed by atoms with E-state index in [2.05, 4.69) is 181 Å². The van der Waals surface area contributed by atoms with Gasteiger partial charge in [-0.1, -0.05) is 159 Å². The number of aryl methyl sites for hydroxylation is 2. The van der Waals surface area contributed by atoms with Crippen LogP contribution < -0.4 is 26.1 Å². The third-order valence-corrected chi connectivity index (χ3v) is 16.4. The van der Waals surface area contributed by atoms with Gasteiger partial charge < -0.3 is 4.81 Å². The van der Waals surface area contributed by atoms with Crippen molar-refractivity contribution in [1.29, 1.82) is 0 Å². The van der Waals surface area contributed by atoms with E-state index in [1.165, 1.54) is 77.6 Å². The highest BCUT2D eigenvalue weighted by Crippen LogP contribution is 2.54. The monoisotopic (exact) mass is 663 g/mol. The zero-order valence-corrected chi connectivity index (χ0v) is 31.8. The van der Waals surface area contributed by atoms with Gasteiger partial charge in [-0.2, -0.15) is 0 Å². The van der Waals surface area contributed by atoms with E-state index in [1.54, 1.807) is 10.8 Å². The van der Waals surface area contributed by atoms with Gasteiger partial charge in [0.05, 0.1) is 0 Å². The number of rotatable bonds is 3. The van der Waals surface area contributed by atoms with Gasteiger partial charge in [-0.05, 0) is 94.4 Å². The van der Waals surface area contributed by atoms with E-state index < -0.39 is 8.07 Å². The Morgan fingerprint density at radius 3 is 1.92 bits per heavy atom. The fourth-order valence-corrected chi connectivity index (χ4v) is 13.5. The molecule has 3 heteroatoms. The summed E-state index contributed by atoms with van der Waals surface area (Å²) in [4.78, 5) is 2.70. The van der Waals surface area contributed by atoms with Crippen LogP contribution in [0, 0.1) is 13.8 Å². The van der Waals surface area contributed by atoms with Crippen molar-refractivity contribution in [3.63, 3.8) is 0 Å². The highest BCUT2D eigenvalue weighted by atomic mass is 28.3. The molecule has 246 valence electrons. The summed E-state index contributed by atoms with van der Waals surface area (Å²) in [5, 5.41) is 3.11. The average Bonchev–Trinajstić information content (AvgIpc) is 3.10. The second-order valence-corrected chi connectivity index (χ2v) is 21.0. The lowest BCUT2D eigenvalue weighted by Crippen LogP contribution is -2.65. The highest BCUT2D eigenvalue weighted by molar-refractivity contribution is 7.01. The van der Waals surface area contributed by atoms with E-state index in [4.69, 9.17) is 0 Å². The van der Waals surface area contributed by atoms with Crippen LogP contribution in [0.5, 0.6) is 0 Å². The molecule has 0 saturated heterocycles. The summed E-state index contributed by atoms with van der Waals surface area (Å²) in [5.41, 5.74) is 19.6. The van der Waals surface area contributed by atoms with Gasteiger partial charge in [-0.15, -0.1) is 0 Å². The minimum atomic E-state index is -2.03. The Hall–Kier alpha value is -4.60. The fraction of sp³-hybridized carbons (Fsp3) is 0.234. The van der Waals surface area contributed by atoms with Crippen molar-refractivity contribution in [2.24, 2.45) is 0 Å². The molecule has 6 aromatic carbocycles. The predicted molar refractivity (Wildman–Crippen MR) is 218 cm³/mol. The number of hydrogen-bond donors (Lipinski definition) is 0. The Kier molecular flexibility index (Phi) is 6.72. The summed E-state index contributed by atoms with van der Waals surface area (Å²) in [6.07, 6.45) is 0.975. The average molecular weight is 664 g/mol. The fourth-order valence-electron chi connectivity index (χ4n) is 10.2. The van der Waals surface area contributed by atoms with E-state index in [9.17, 15) is 0 Å². The second kappa shape index (κ2) is 10.7. The first kappa shape index (κ1) is 31.4. The highest BCUT2D eigenvalue weighted by Gasteiger charge is 2.47. The topological polar surface area (TPSA) is 3.24 Å². The van der Waals surface area contributed by atoms with Crippen molar-refractivity contribution < 1.29 is 0 Å². The van der Waals surface area contributed by atoms with Crippen LogP contribution in [0.1, 0.15) is 72.2 Å². The molecular formula is C47H46BNSi. The number of benzene rings is 6. The summed E-state index contributed by atoms with van der Waals surface area (Å²) in [6.45, 7) is 19.5. The normalized spacial score (nSPS) is 16.2. The molecule has 0 unspecified atom stereocenters. The molecule has 0 atom stereocenters. The summed E-state index contributed by atoms with van der Waals surface area (Å²) < 4.78 is 0. The van der Waals surface area contributed by atoms with E-state index in [1.807, 2.05) is 0 Å². The van der Waals surface area contributed by atoms with Crippen LogP contribution in [0.25, 0.3) is 11.1 Å². The first-order valence-corrected chi connectivity index (χ1v) is 21.4. The van der Waals surface area contributed by atoms with Crippen LogP contribution in [0.3, 0.4) is 0 Å². The number of hydrogen-bond acceptors (Lipinski definition) is 1. The van der Waals surface area contributed by atoms with Crippen LogP contribution in [0.4, 0.5) is 11.4 Å². The van der Waals surface area contributed by atoms with Crippen LogP contribution in [0.15, 0.2) is 121 Å². The number of nitrogens with zero attached hydrogens (tertiary/aromatic N) is 1. The van der Waals surface area contributed by atoms with E-state index >= 15 is 0 Å². The van der Waals surface area contributed by atoms with Gasteiger partial charge in [-0.25, -0.2) is 0 Å². The molecule has 1 nitrogen and oxygen atoms in total. The van der Waals surface area contributed by atoms with Crippen molar-refractivity contribution in [3.05, 3.63) is 166 Å². The first-order chi connectivity index (χ1) is 23.9. The van der Waals surface area contributed by atoms with Gasteiger partial charge >= 0.3 is 6.85 Å². The predicted octanol–water partition coefficient (Wildman–Crippen LogP) is 8.92. The van der Waals surface area contributed by atoms with Gasteiger partial charge in [0.15, 0.2) is 0 Å². The number of anilines is 2. The Balaban J connectivity index is 1.35. The first-order valence-electron chi connectivity index (χ1n) is 18.4. The Morgan fingerprint density at radius 2 is 1.22 bits per heavy atom. The minimum Gasteiger partial charge on any atom is -0.376 e. The van der Waals surface area contributed by atoms with E-state index in [0.717, 1.165) is 6.42 Å². The molecule has 0 N–H and O–H groups in total. The molecule has 0 radical (unpaired) electrons. The van der Waals surface area contributed by atoms with Crippen molar-refractivity contribution in [2.45, 2.75) is 71.9 Å². The van der Waals surface area contributed by atoms with Crippen molar-refractivity contribution >= 4 is 47.6 Å². The molecule has 0 spiro atoms. The lowest BCUT2D eigenvalue weighted by molar-refractivity contribution is 0.521. The van der Waals surface area contributed by atoms with Crippen LogP contribution >= 0.6 is 0 Å². The molecule has 2 heterocycles. The molecule has 0 fully saturated rings. The zero-order valence-electron chi connectivity index (χ0n) is 30.8. The van der Waals surface area contributed by atoms with Crippen molar-refractivity contribution in [2.75, 3.05) is 4.81 Å². The molecule has 0 aromatic heterocycles. The summed E-state index contributed by atoms with van der Waals surface area (Å²) in [7, 11) is -2.03. The molecule has 0 saturated carbocycles. The maximum atomic E-state index is 2.70. The summed E-state index contributed by atoms with van der Waals surface area (Å²) >= 11 is 0. The SMILES string of the molecule is Cc1cc2c3c(c1)-c1cc4c(cc1N(c1ccccc1)B3c1cccc([Si](C)(C)c3ccccc3C)c1C2)C(C)(C)c1ccccc1C4(C)C. The molecule has 9 rings (SSSR count). The van der Waals surface area contributed by atoms with Gasteiger partial charge in [0, 0.05) is 27.8 Å². The van der Waals surface area contributed by atoms with Crippen LogP contribution in [0.2, 0.25) is 13.1 Å². The van der Waals surface area contributed by atoms with Crippen molar-refractivity contribution in [3.8, 4) is 11.1 Å². The Bertz CT molecular complexity index is 2370. The lowest BCUT2D eigenvalue weighted by Gasteiger charge is -2.48. The standard InChI is InChI=1S/C47H46BNSi/c1-30-25-32-27-36-41(22-16-24-44(36)50(7,8)43-23-15-12-17-31(43)2)48-45(32)35(26-30)34-28-39-40(29-42(34)49(48)33-18-10-9-11-19-33)47(5,6)38-21-14-13-20-37(38)46(39,3)4/h9-26,28-29H,27H2,1-8H3. The zero-order chi connectivity index (χ0) is 34.7. The summed E-state index contributed by atoms with van der Waals surface area (Å²) in [5.74, 6) is 0. The summed E-state index contributed by atoms with van der Waals surface area (Å²) in [6, 6.07) is 46.8. The van der Waals surface area contributed by atoms with E-state index in [-0.39, 0.29) is 17.7 Å². The van der Waals surface area contributed by atoms with Gasteiger partial charge in [-0.3, -0.25) is 0 Å². The largest absolute Gasteiger partial charge is 0.376 e. The van der Waals surface area contributed by atoms with Gasteiger partial charge in [0.25, 0.3) is 0 Å². The molecule has 50 heavy (non-hydrogen) atoms. The third-order valence-electron chi connectivity index (χ3n) is 12.6.